The molecular weight excluding hydrogens is 438 g/mol. The number of piperidine rings is 1. The van der Waals surface area contributed by atoms with Gasteiger partial charge in [0.25, 0.3) is 5.91 Å². The van der Waals surface area contributed by atoms with E-state index in [9.17, 15) is 18.0 Å². The molecule has 0 atom stereocenters. The second-order valence-electron chi connectivity index (χ2n) is 9.21. The van der Waals surface area contributed by atoms with E-state index in [4.69, 9.17) is 0 Å². The number of benzene rings is 2. The Bertz CT molecular complexity index is 1170. The fraction of sp³-hybridized carbons (Fsp3) is 0.440. The Hall–Kier alpha value is -2.71. The van der Waals surface area contributed by atoms with Crippen molar-refractivity contribution in [2.24, 2.45) is 5.92 Å². The Morgan fingerprint density at radius 3 is 2.30 bits per heavy atom. The van der Waals surface area contributed by atoms with Gasteiger partial charge < -0.3 is 10.2 Å². The highest BCUT2D eigenvalue weighted by Gasteiger charge is 2.34. The van der Waals surface area contributed by atoms with Gasteiger partial charge in [-0.1, -0.05) is 12.5 Å². The summed E-state index contributed by atoms with van der Waals surface area (Å²) >= 11 is 0. The minimum Gasteiger partial charge on any atom is -0.338 e. The lowest BCUT2D eigenvalue weighted by atomic mass is 9.98. The van der Waals surface area contributed by atoms with Crippen molar-refractivity contribution in [1.29, 1.82) is 0 Å². The number of nitrogens with zero attached hydrogens (tertiary/aromatic N) is 2. The Kier molecular flexibility index (Phi) is 5.97. The SMILES string of the molecule is O=C(Nc1ccc2c(c1)CN(C(=O)C1CC1)CC2)c1ccc(S(=O)(=O)N2CCCCC2)cc1. The first-order chi connectivity index (χ1) is 15.9. The molecule has 2 fully saturated rings. The normalized spacial score (nSPS) is 19.1. The lowest BCUT2D eigenvalue weighted by Gasteiger charge is -2.29. The first kappa shape index (κ1) is 22.1. The molecule has 0 spiro atoms. The molecule has 1 aliphatic carbocycles. The van der Waals surface area contributed by atoms with Gasteiger partial charge in [0.05, 0.1) is 4.90 Å². The average Bonchev–Trinajstić information content (AvgIpc) is 3.69. The molecule has 7 nitrogen and oxygen atoms in total. The van der Waals surface area contributed by atoms with Crippen LogP contribution in [0.3, 0.4) is 0 Å². The van der Waals surface area contributed by atoms with Gasteiger partial charge in [-0.2, -0.15) is 4.31 Å². The Morgan fingerprint density at radius 2 is 1.61 bits per heavy atom. The molecule has 0 aromatic heterocycles. The number of amides is 2. The van der Waals surface area contributed by atoms with Gasteiger partial charge in [0.15, 0.2) is 0 Å². The first-order valence-electron chi connectivity index (χ1n) is 11.7. The number of hydrogen-bond donors (Lipinski definition) is 1. The summed E-state index contributed by atoms with van der Waals surface area (Å²) in [5.41, 5.74) is 3.34. The molecule has 33 heavy (non-hydrogen) atoms. The molecule has 2 aliphatic heterocycles. The number of rotatable bonds is 5. The van der Waals surface area contributed by atoms with Crippen molar-refractivity contribution in [3.05, 3.63) is 59.2 Å². The quantitative estimate of drug-likeness (QED) is 0.730. The van der Waals surface area contributed by atoms with E-state index in [0.29, 0.717) is 30.9 Å². The van der Waals surface area contributed by atoms with Crippen LogP contribution in [0.2, 0.25) is 0 Å². The van der Waals surface area contributed by atoms with Crippen molar-refractivity contribution in [3.8, 4) is 0 Å². The topological polar surface area (TPSA) is 86.8 Å². The fourth-order valence-corrected chi connectivity index (χ4v) is 6.16. The van der Waals surface area contributed by atoms with Crippen LogP contribution in [-0.4, -0.2) is 49.1 Å². The van der Waals surface area contributed by atoms with Crippen LogP contribution in [-0.2, 0) is 27.8 Å². The van der Waals surface area contributed by atoms with E-state index < -0.39 is 10.0 Å². The maximum absolute atomic E-state index is 12.8. The molecular formula is C25H29N3O4S. The molecule has 2 heterocycles. The van der Waals surface area contributed by atoms with Crippen LogP contribution in [0.25, 0.3) is 0 Å². The van der Waals surface area contributed by atoms with Crippen LogP contribution in [0, 0.1) is 5.92 Å². The zero-order valence-corrected chi connectivity index (χ0v) is 19.4. The summed E-state index contributed by atoms with van der Waals surface area (Å²) in [6, 6.07) is 12.0. The third kappa shape index (κ3) is 4.68. The minimum absolute atomic E-state index is 0.205. The van der Waals surface area contributed by atoms with Crippen LogP contribution in [0.15, 0.2) is 47.4 Å². The molecule has 2 aromatic rings. The number of nitrogens with one attached hydrogen (secondary N) is 1. The second-order valence-corrected chi connectivity index (χ2v) is 11.1. The maximum atomic E-state index is 12.8. The van der Waals surface area contributed by atoms with Gasteiger partial charge in [0.2, 0.25) is 15.9 Å². The van der Waals surface area contributed by atoms with Crippen LogP contribution < -0.4 is 5.32 Å². The van der Waals surface area contributed by atoms with E-state index in [2.05, 4.69) is 5.32 Å². The zero-order valence-electron chi connectivity index (χ0n) is 18.6. The van der Waals surface area contributed by atoms with Crippen LogP contribution in [0.1, 0.15) is 53.6 Å². The van der Waals surface area contributed by atoms with E-state index >= 15 is 0 Å². The first-order valence-corrected chi connectivity index (χ1v) is 13.2. The molecule has 1 saturated carbocycles. The summed E-state index contributed by atoms with van der Waals surface area (Å²) in [6.07, 6.45) is 5.64. The largest absolute Gasteiger partial charge is 0.338 e. The summed E-state index contributed by atoms with van der Waals surface area (Å²) in [7, 11) is -3.52. The van der Waals surface area contributed by atoms with E-state index in [-0.39, 0.29) is 22.6 Å². The van der Waals surface area contributed by atoms with Crippen molar-refractivity contribution in [2.75, 3.05) is 25.0 Å². The number of sulfonamides is 1. The van der Waals surface area contributed by atoms with Crippen molar-refractivity contribution < 1.29 is 18.0 Å². The van der Waals surface area contributed by atoms with Gasteiger partial charge in [0.1, 0.15) is 0 Å². The summed E-state index contributed by atoms with van der Waals surface area (Å²) in [4.78, 5) is 27.3. The van der Waals surface area contributed by atoms with Crippen molar-refractivity contribution >= 4 is 27.5 Å². The molecule has 2 amide bonds. The Morgan fingerprint density at radius 1 is 0.879 bits per heavy atom. The van der Waals surface area contributed by atoms with Crippen LogP contribution in [0.4, 0.5) is 5.69 Å². The summed E-state index contributed by atoms with van der Waals surface area (Å²) in [5, 5.41) is 2.91. The zero-order chi connectivity index (χ0) is 23.0. The molecule has 1 N–H and O–H groups in total. The Labute approximate surface area is 194 Å². The summed E-state index contributed by atoms with van der Waals surface area (Å²) in [6.45, 7) is 2.43. The summed E-state index contributed by atoms with van der Waals surface area (Å²) in [5.74, 6) is 0.157. The highest BCUT2D eigenvalue weighted by Crippen LogP contribution is 2.33. The van der Waals surface area contributed by atoms with Crippen LogP contribution in [0.5, 0.6) is 0 Å². The van der Waals surface area contributed by atoms with Gasteiger partial charge in [0, 0.05) is 43.3 Å². The molecule has 0 bridgehead atoms. The molecule has 0 radical (unpaired) electrons. The standard InChI is InChI=1S/C25H29N3O4S/c29-24(19-7-10-23(11-8-19)33(31,32)28-13-2-1-3-14-28)26-22-9-6-18-12-15-27(17-21(18)16-22)25(30)20-4-5-20/h6-11,16,20H,1-5,12-15,17H2,(H,26,29). The van der Waals surface area contributed by atoms with Crippen molar-refractivity contribution in [2.45, 2.75) is 50.0 Å². The molecule has 2 aromatic carbocycles. The highest BCUT2D eigenvalue weighted by molar-refractivity contribution is 7.89. The van der Waals surface area contributed by atoms with E-state index in [0.717, 1.165) is 50.6 Å². The van der Waals surface area contributed by atoms with Crippen molar-refractivity contribution in [3.63, 3.8) is 0 Å². The molecule has 8 heteroatoms. The highest BCUT2D eigenvalue weighted by atomic mass is 32.2. The van der Waals surface area contributed by atoms with E-state index in [1.807, 2.05) is 23.1 Å². The number of anilines is 1. The van der Waals surface area contributed by atoms with Crippen LogP contribution >= 0.6 is 0 Å². The third-order valence-electron chi connectivity index (χ3n) is 6.78. The number of hydrogen-bond acceptors (Lipinski definition) is 4. The maximum Gasteiger partial charge on any atom is 0.255 e. The minimum atomic E-state index is -3.52. The predicted molar refractivity (Wildman–Crippen MR) is 125 cm³/mol. The van der Waals surface area contributed by atoms with Gasteiger partial charge in [-0.15, -0.1) is 0 Å². The van der Waals surface area contributed by atoms with Gasteiger partial charge in [-0.25, -0.2) is 8.42 Å². The van der Waals surface area contributed by atoms with E-state index in [1.54, 1.807) is 12.1 Å². The number of carbonyl (C=O) groups is 2. The van der Waals surface area contributed by atoms with Crippen molar-refractivity contribution in [1.82, 2.24) is 9.21 Å². The fourth-order valence-electron chi connectivity index (χ4n) is 4.65. The average molecular weight is 468 g/mol. The number of carbonyl (C=O) groups excluding carboxylic acids is 2. The number of fused-ring (bicyclic) bond motifs is 1. The van der Waals surface area contributed by atoms with Gasteiger partial charge in [-0.05, 0) is 79.6 Å². The Balaban J connectivity index is 1.26. The molecule has 5 rings (SSSR count). The molecule has 1 saturated heterocycles. The third-order valence-corrected chi connectivity index (χ3v) is 8.70. The predicted octanol–water partition coefficient (Wildman–Crippen LogP) is 3.41. The molecule has 0 unspecified atom stereocenters. The van der Waals surface area contributed by atoms with Gasteiger partial charge >= 0.3 is 0 Å². The summed E-state index contributed by atoms with van der Waals surface area (Å²) < 4.78 is 27.2. The smallest absolute Gasteiger partial charge is 0.255 e. The van der Waals surface area contributed by atoms with Gasteiger partial charge in [-0.3, -0.25) is 9.59 Å². The monoisotopic (exact) mass is 467 g/mol. The molecule has 174 valence electrons. The van der Waals surface area contributed by atoms with E-state index in [1.165, 1.54) is 22.0 Å². The second kappa shape index (κ2) is 8.91. The lowest BCUT2D eigenvalue weighted by Crippen LogP contribution is -2.36. The molecule has 3 aliphatic rings. The lowest BCUT2D eigenvalue weighted by molar-refractivity contribution is -0.133.